The van der Waals surface area contributed by atoms with Crippen LogP contribution < -0.4 is 0 Å². The highest BCUT2D eigenvalue weighted by Gasteiger charge is 2.18. The Morgan fingerprint density at radius 2 is 1.10 bits per heavy atom. The predicted molar refractivity (Wildman–Crippen MR) is 85.8 cm³/mol. The Kier molecular flexibility index (Phi) is 4.66. The molecule has 104 valence electrons. The molecule has 0 saturated heterocycles. The van der Waals surface area contributed by atoms with E-state index in [2.05, 4.69) is 0 Å². The van der Waals surface area contributed by atoms with Crippen LogP contribution in [0.4, 0.5) is 0 Å². The monoisotopic (exact) mass is 346 g/mol. The molecule has 0 heterocycles. The van der Waals surface area contributed by atoms with Crippen molar-refractivity contribution in [3.63, 3.8) is 0 Å². The van der Waals surface area contributed by atoms with Gasteiger partial charge in [-0.3, -0.25) is 4.79 Å². The molecule has 0 aliphatic carbocycles. The van der Waals surface area contributed by atoms with Crippen LogP contribution in [0.5, 0.6) is 0 Å². The Hall–Kier alpha value is -0.730. The van der Waals surface area contributed by atoms with Crippen LogP contribution in [-0.4, -0.2) is 5.78 Å². The first kappa shape index (κ1) is 15.7. The summed E-state index contributed by atoms with van der Waals surface area (Å²) in [6.45, 7) is 3.54. The molecule has 2 aromatic rings. The Morgan fingerprint density at radius 1 is 0.750 bits per heavy atom. The summed E-state index contributed by atoms with van der Waals surface area (Å²) in [5.41, 5.74) is 2.25. The Labute approximate surface area is 137 Å². The molecule has 2 rings (SSSR count). The fraction of sp³-hybridized carbons (Fsp3) is 0.133. The molecular weight excluding hydrogens is 338 g/mol. The van der Waals surface area contributed by atoms with Gasteiger partial charge in [-0.1, -0.05) is 46.4 Å². The van der Waals surface area contributed by atoms with E-state index in [4.69, 9.17) is 46.4 Å². The second kappa shape index (κ2) is 5.95. The van der Waals surface area contributed by atoms with Crippen molar-refractivity contribution in [3.8, 4) is 0 Å². The summed E-state index contributed by atoms with van der Waals surface area (Å²) in [5.74, 6) is -0.200. The second-order valence-corrected chi connectivity index (χ2v) is 6.14. The second-order valence-electron chi connectivity index (χ2n) is 4.45. The molecule has 0 spiro atoms. The first-order valence-electron chi connectivity index (χ1n) is 5.77. The normalized spacial score (nSPS) is 10.7. The third-order valence-electron chi connectivity index (χ3n) is 3.11. The number of hydrogen-bond acceptors (Lipinski definition) is 1. The molecule has 0 bridgehead atoms. The third kappa shape index (κ3) is 2.96. The maximum atomic E-state index is 12.7. The van der Waals surface area contributed by atoms with E-state index >= 15 is 0 Å². The van der Waals surface area contributed by atoms with Crippen molar-refractivity contribution in [1.29, 1.82) is 0 Å². The molecule has 0 aliphatic heterocycles. The fourth-order valence-electron chi connectivity index (χ4n) is 1.91. The van der Waals surface area contributed by atoms with Gasteiger partial charge in [0.2, 0.25) is 0 Å². The van der Waals surface area contributed by atoms with Crippen molar-refractivity contribution in [2.24, 2.45) is 0 Å². The van der Waals surface area contributed by atoms with Gasteiger partial charge >= 0.3 is 0 Å². The molecule has 0 saturated carbocycles. The summed E-state index contributed by atoms with van der Waals surface area (Å²) >= 11 is 24.1. The summed E-state index contributed by atoms with van der Waals surface area (Å²) in [6.07, 6.45) is 0. The van der Waals surface area contributed by atoms with Gasteiger partial charge in [-0.2, -0.15) is 0 Å². The van der Waals surface area contributed by atoms with Gasteiger partial charge in [-0.15, -0.1) is 0 Å². The molecule has 0 amide bonds. The molecule has 20 heavy (non-hydrogen) atoms. The van der Waals surface area contributed by atoms with E-state index in [-0.39, 0.29) is 5.78 Å². The lowest BCUT2D eigenvalue weighted by Crippen LogP contribution is -2.06. The molecular formula is C15H10Cl4O. The molecule has 0 aliphatic rings. The average Bonchev–Trinajstić information content (AvgIpc) is 2.37. The summed E-state index contributed by atoms with van der Waals surface area (Å²) < 4.78 is 0. The van der Waals surface area contributed by atoms with Gasteiger partial charge < -0.3 is 0 Å². The summed E-state index contributed by atoms with van der Waals surface area (Å²) in [4.78, 5) is 12.7. The molecule has 0 N–H and O–H groups in total. The number of halogens is 4. The maximum Gasteiger partial charge on any atom is 0.193 e. The zero-order valence-electron chi connectivity index (χ0n) is 10.7. The maximum absolute atomic E-state index is 12.7. The highest BCUT2D eigenvalue weighted by Crippen LogP contribution is 2.30. The lowest BCUT2D eigenvalue weighted by molar-refractivity contribution is 0.103. The van der Waals surface area contributed by atoms with E-state index < -0.39 is 0 Å². The standard InChI is InChI=1S/C15H10Cl4O/c1-7-11(3-9(16)5-13(7)18)15(20)12-4-10(17)6-14(19)8(12)2/h3-6H,1-2H3. The summed E-state index contributed by atoms with van der Waals surface area (Å²) in [6, 6.07) is 6.40. The van der Waals surface area contributed by atoms with Gasteiger partial charge in [-0.25, -0.2) is 0 Å². The van der Waals surface area contributed by atoms with Gasteiger partial charge in [0.15, 0.2) is 5.78 Å². The number of hydrogen-bond donors (Lipinski definition) is 0. The van der Waals surface area contributed by atoms with Crippen LogP contribution in [-0.2, 0) is 0 Å². The van der Waals surface area contributed by atoms with E-state index in [0.717, 1.165) is 0 Å². The zero-order chi connectivity index (χ0) is 15.0. The number of carbonyl (C=O) groups is 1. The van der Waals surface area contributed by atoms with Crippen LogP contribution in [0, 0.1) is 13.8 Å². The fourth-order valence-corrected chi connectivity index (χ4v) is 2.90. The summed E-state index contributed by atoms with van der Waals surface area (Å²) in [5, 5.41) is 1.72. The molecule has 0 aromatic heterocycles. The van der Waals surface area contributed by atoms with E-state index in [0.29, 0.717) is 42.3 Å². The highest BCUT2D eigenvalue weighted by molar-refractivity contribution is 6.37. The van der Waals surface area contributed by atoms with Gasteiger partial charge in [-0.05, 0) is 49.2 Å². The molecule has 5 heteroatoms. The van der Waals surface area contributed by atoms with Crippen molar-refractivity contribution in [3.05, 3.63) is 66.6 Å². The zero-order valence-corrected chi connectivity index (χ0v) is 13.8. The van der Waals surface area contributed by atoms with Crippen LogP contribution in [0.1, 0.15) is 27.0 Å². The number of benzene rings is 2. The summed E-state index contributed by atoms with van der Waals surface area (Å²) in [7, 11) is 0. The van der Waals surface area contributed by atoms with Gasteiger partial charge in [0.1, 0.15) is 0 Å². The van der Waals surface area contributed by atoms with E-state index in [1.165, 1.54) is 0 Å². The van der Waals surface area contributed by atoms with E-state index in [1.54, 1.807) is 38.1 Å². The van der Waals surface area contributed by atoms with Crippen LogP contribution in [0.25, 0.3) is 0 Å². The number of carbonyl (C=O) groups excluding carboxylic acids is 1. The lowest BCUT2D eigenvalue weighted by Gasteiger charge is -2.11. The van der Waals surface area contributed by atoms with E-state index in [9.17, 15) is 4.79 Å². The van der Waals surface area contributed by atoms with Crippen molar-refractivity contribution in [2.75, 3.05) is 0 Å². The van der Waals surface area contributed by atoms with Crippen molar-refractivity contribution in [2.45, 2.75) is 13.8 Å². The van der Waals surface area contributed by atoms with Crippen LogP contribution in [0.2, 0.25) is 20.1 Å². The Bertz CT molecular complexity index is 648. The molecule has 1 nitrogen and oxygen atoms in total. The largest absolute Gasteiger partial charge is 0.289 e. The Balaban J connectivity index is 2.64. The van der Waals surface area contributed by atoms with E-state index in [1.807, 2.05) is 0 Å². The lowest BCUT2D eigenvalue weighted by atomic mass is 9.96. The molecule has 0 unspecified atom stereocenters. The molecule has 0 fully saturated rings. The minimum atomic E-state index is -0.200. The van der Waals surface area contributed by atoms with Crippen molar-refractivity contribution < 1.29 is 4.79 Å². The molecule has 2 aromatic carbocycles. The average molecular weight is 348 g/mol. The van der Waals surface area contributed by atoms with Crippen LogP contribution in [0.3, 0.4) is 0 Å². The topological polar surface area (TPSA) is 17.1 Å². The quantitative estimate of drug-likeness (QED) is 0.595. The predicted octanol–water partition coefficient (Wildman–Crippen LogP) is 6.15. The van der Waals surface area contributed by atoms with Crippen molar-refractivity contribution >= 4 is 52.2 Å². The van der Waals surface area contributed by atoms with Crippen LogP contribution in [0.15, 0.2) is 24.3 Å². The first-order valence-corrected chi connectivity index (χ1v) is 7.28. The molecule has 0 radical (unpaired) electrons. The van der Waals surface area contributed by atoms with Gasteiger partial charge in [0.25, 0.3) is 0 Å². The number of ketones is 1. The smallest absolute Gasteiger partial charge is 0.193 e. The minimum Gasteiger partial charge on any atom is -0.289 e. The van der Waals surface area contributed by atoms with Gasteiger partial charge in [0.05, 0.1) is 0 Å². The minimum absolute atomic E-state index is 0.200. The Morgan fingerprint density at radius 3 is 1.45 bits per heavy atom. The van der Waals surface area contributed by atoms with Gasteiger partial charge in [0, 0.05) is 31.2 Å². The molecule has 0 atom stereocenters. The first-order chi connectivity index (χ1) is 9.31. The SMILES string of the molecule is Cc1c(Cl)cc(Cl)cc1C(=O)c1cc(Cl)cc(Cl)c1C. The number of rotatable bonds is 2. The van der Waals surface area contributed by atoms with Crippen molar-refractivity contribution in [1.82, 2.24) is 0 Å². The highest BCUT2D eigenvalue weighted by atomic mass is 35.5. The van der Waals surface area contributed by atoms with Crippen LogP contribution >= 0.6 is 46.4 Å². The third-order valence-corrected chi connectivity index (χ3v) is 4.33.